The summed E-state index contributed by atoms with van der Waals surface area (Å²) in [6, 6.07) is 10.5. The van der Waals surface area contributed by atoms with Gasteiger partial charge in [-0.25, -0.2) is 0 Å². The Kier molecular flexibility index (Phi) is 6.71. The summed E-state index contributed by atoms with van der Waals surface area (Å²) in [5.41, 5.74) is 1.00. The second-order valence-corrected chi connectivity index (χ2v) is 9.66. The van der Waals surface area contributed by atoms with Gasteiger partial charge in [-0.2, -0.15) is 0 Å². The lowest BCUT2D eigenvalue weighted by molar-refractivity contribution is -1.00. The largest absolute Gasteiger partial charge is 0.341 e. The van der Waals surface area contributed by atoms with Crippen LogP contribution < -0.4 is 9.80 Å². The minimum absolute atomic E-state index is 0.226. The molecule has 4 heteroatoms. The molecule has 1 aliphatic heterocycles. The lowest BCUT2D eigenvalue weighted by Gasteiger charge is -2.33. The second-order valence-electron chi connectivity index (χ2n) is 9.66. The highest BCUT2D eigenvalue weighted by molar-refractivity contribution is 5.91. The molecule has 1 saturated carbocycles. The maximum Gasteiger partial charge on any atom is 0.233 e. The Labute approximate surface area is 176 Å². The van der Waals surface area contributed by atoms with Crippen molar-refractivity contribution < 1.29 is 14.6 Å². The molecule has 1 saturated heterocycles. The van der Waals surface area contributed by atoms with E-state index in [-0.39, 0.29) is 5.41 Å². The van der Waals surface area contributed by atoms with Gasteiger partial charge in [-0.1, -0.05) is 42.5 Å². The fourth-order valence-electron chi connectivity index (χ4n) is 5.22. The van der Waals surface area contributed by atoms with Crippen LogP contribution in [0.5, 0.6) is 0 Å². The van der Waals surface area contributed by atoms with Gasteiger partial charge in [0.25, 0.3) is 0 Å². The first-order valence-corrected chi connectivity index (χ1v) is 11.8. The number of piperazine rings is 1. The third-order valence-corrected chi connectivity index (χ3v) is 7.40. The van der Waals surface area contributed by atoms with Crippen LogP contribution in [0, 0.1) is 5.92 Å². The number of likely N-dealkylation sites (N-methyl/N-ethyl adjacent to an activating group) is 1. The lowest BCUT2D eigenvalue weighted by atomic mass is 9.91. The smallest absolute Gasteiger partial charge is 0.233 e. The summed E-state index contributed by atoms with van der Waals surface area (Å²) in [5, 5.41) is 0. The fraction of sp³-hybridized carbons (Fsp3) is 0.640. The number of rotatable bonds is 8. The molecule has 1 heterocycles. The molecule has 2 N–H and O–H groups in total. The monoisotopic (exact) mass is 397 g/mol. The van der Waals surface area contributed by atoms with E-state index >= 15 is 0 Å². The Morgan fingerprint density at radius 1 is 1.10 bits per heavy atom. The van der Waals surface area contributed by atoms with Gasteiger partial charge in [0, 0.05) is 19.5 Å². The highest BCUT2D eigenvalue weighted by Gasteiger charge is 2.52. The van der Waals surface area contributed by atoms with Crippen molar-refractivity contribution in [2.24, 2.45) is 5.92 Å². The number of hydrogen-bond donors (Lipinski definition) is 2. The van der Waals surface area contributed by atoms with E-state index in [1.165, 1.54) is 51.1 Å². The molecule has 29 heavy (non-hydrogen) atoms. The molecule has 3 aliphatic rings. The summed E-state index contributed by atoms with van der Waals surface area (Å²) in [6.45, 7) is 8.20. The van der Waals surface area contributed by atoms with E-state index in [1.54, 1.807) is 9.80 Å². The van der Waals surface area contributed by atoms with E-state index in [1.807, 2.05) is 0 Å². The Morgan fingerprint density at radius 3 is 2.52 bits per heavy atom. The van der Waals surface area contributed by atoms with Gasteiger partial charge in [-0.05, 0) is 43.6 Å². The highest BCUT2D eigenvalue weighted by atomic mass is 16.2. The molecular weight excluding hydrogens is 358 g/mol. The first kappa shape index (κ1) is 20.6. The van der Waals surface area contributed by atoms with Crippen LogP contribution in [0.4, 0.5) is 0 Å². The van der Waals surface area contributed by atoms with E-state index < -0.39 is 0 Å². The van der Waals surface area contributed by atoms with Crippen molar-refractivity contribution in [3.05, 3.63) is 48.0 Å². The van der Waals surface area contributed by atoms with Gasteiger partial charge in [0.1, 0.15) is 26.2 Å². The number of nitrogens with one attached hydrogen (secondary N) is 2. The van der Waals surface area contributed by atoms with E-state index in [4.69, 9.17) is 0 Å². The molecule has 2 aliphatic carbocycles. The van der Waals surface area contributed by atoms with Gasteiger partial charge in [0.2, 0.25) is 5.91 Å². The molecule has 0 unspecified atom stereocenters. The van der Waals surface area contributed by atoms with Crippen molar-refractivity contribution >= 4 is 5.91 Å². The molecule has 158 valence electrons. The normalized spacial score (nSPS) is 28.1. The van der Waals surface area contributed by atoms with Crippen molar-refractivity contribution in [3.63, 3.8) is 0 Å². The van der Waals surface area contributed by atoms with E-state index in [0.29, 0.717) is 11.8 Å². The zero-order valence-electron chi connectivity index (χ0n) is 18.2. The van der Waals surface area contributed by atoms with Crippen LogP contribution in [0.1, 0.15) is 44.1 Å². The molecule has 4 rings (SSSR count). The summed E-state index contributed by atoms with van der Waals surface area (Å²) < 4.78 is 0. The van der Waals surface area contributed by atoms with Gasteiger partial charge < -0.3 is 14.7 Å². The standard InChI is InChI=1S/C25H37N3O/c1-26-17-19-27(20-18-26)15-8-16-28(21-22-9-4-2-5-10-22)24(29)25(13-14-25)23-11-6-3-7-12-23/h2-4,6-7,11-12,22H,5,8-10,13-21H2,1H3/p+2/t22-/m0/s1. The van der Waals surface area contributed by atoms with Crippen molar-refractivity contribution in [1.29, 1.82) is 0 Å². The number of hydrogen-bond acceptors (Lipinski definition) is 1. The first-order valence-electron chi connectivity index (χ1n) is 11.8. The lowest BCUT2D eigenvalue weighted by Crippen LogP contribution is -3.27. The van der Waals surface area contributed by atoms with Crippen LogP contribution in [0.2, 0.25) is 0 Å². The van der Waals surface area contributed by atoms with E-state index in [0.717, 1.165) is 38.8 Å². The molecule has 0 radical (unpaired) electrons. The fourth-order valence-corrected chi connectivity index (χ4v) is 5.22. The SMILES string of the molecule is C[NH+]1CC[NH+](CCCN(C[C@H]2CC=CCC2)C(=O)C2(c3ccccc3)CC2)CC1. The number of amides is 1. The molecule has 2 fully saturated rings. The van der Waals surface area contributed by atoms with E-state index in [9.17, 15) is 4.79 Å². The van der Waals surface area contributed by atoms with Crippen LogP contribution in [-0.4, -0.2) is 63.7 Å². The van der Waals surface area contributed by atoms with E-state index in [2.05, 4.69) is 54.4 Å². The Bertz CT molecular complexity index is 689. The molecule has 1 aromatic rings. The van der Waals surface area contributed by atoms with Crippen LogP contribution >= 0.6 is 0 Å². The minimum atomic E-state index is -0.226. The van der Waals surface area contributed by atoms with Crippen molar-refractivity contribution in [3.8, 4) is 0 Å². The third-order valence-electron chi connectivity index (χ3n) is 7.40. The van der Waals surface area contributed by atoms with Crippen molar-refractivity contribution in [1.82, 2.24) is 4.90 Å². The molecule has 1 atom stereocenters. The zero-order chi connectivity index (χ0) is 20.1. The summed E-state index contributed by atoms with van der Waals surface area (Å²) in [6.07, 6.45) is 11.3. The van der Waals surface area contributed by atoms with Crippen LogP contribution in [0.15, 0.2) is 42.5 Å². The number of carbonyl (C=O) groups excluding carboxylic acids is 1. The van der Waals surface area contributed by atoms with Gasteiger partial charge in [-0.15, -0.1) is 0 Å². The summed E-state index contributed by atoms with van der Waals surface area (Å²) in [5.74, 6) is 1.03. The number of quaternary nitrogens is 2. The zero-order valence-corrected chi connectivity index (χ0v) is 18.2. The second kappa shape index (κ2) is 9.44. The highest BCUT2D eigenvalue weighted by Crippen LogP contribution is 2.49. The Morgan fingerprint density at radius 2 is 1.86 bits per heavy atom. The van der Waals surface area contributed by atoms with Crippen molar-refractivity contribution in [2.75, 3.05) is 52.9 Å². The third kappa shape index (κ3) is 5.10. The predicted octanol–water partition coefficient (Wildman–Crippen LogP) is 0.706. The summed E-state index contributed by atoms with van der Waals surface area (Å²) in [4.78, 5) is 19.4. The van der Waals surface area contributed by atoms with Crippen LogP contribution in [-0.2, 0) is 10.2 Å². The number of allylic oxidation sites excluding steroid dienone is 2. The number of carbonyl (C=O) groups is 1. The van der Waals surface area contributed by atoms with Crippen LogP contribution in [0.25, 0.3) is 0 Å². The molecule has 0 aromatic heterocycles. The van der Waals surface area contributed by atoms with Crippen LogP contribution in [0.3, 0.4) is 0 Å². The Hall–Kier alpha value is -1.65. The molecule has 1 aromatic carbocycles. The molecule has 1 amide bonds. The molecule has 0 bridgehead atoms. The maximum atomic E-state index is 13.7. The van der Waals surface area contributed by atoms with Gasteiger partial charge in [-0.3, -0.25) is 4.79 Å². The summed E-state index contributed by atoms with van der Waals surface area (Å²) >= 11 is 0. The average molecular weight is 398 g/mol. The summed E-state index contributed by atoms with van der Waals surface area (Å²) in [7, 11) is 2.30. The quantitative estimate of drug-likeness (QED) is 0.622. The molecule has 4 nitrogen and oxygen atoms in total. The van der Waals surface area contributed by atoms with Crippen molar-refractivity contribution in [2.45, 2.75) is 43.9 Å². The van der Waals surface area contributed by atoms with Gasteiger partial charge in [0.05, 0.1) is 19.0 Å². The average Bonchev–Trinajstić information content (AvgIpc) is 3.57. The molecule has 0 spiro atoms. The predicted molar refractivity (Wildman–Crippen MR) is 117 cm³/mol. The first-order chi connectivity index (χ1) is 14.2. The number of benzene rings is 1. The van der Waals surface area contributed by atoms with Gasteiger partial charge in [0.15, 0.2) is 0 Å². The minimum Gasteiger partial charge on any atom is -0.341 e. The Balaban J connectivity index is 1.39. The maximum absolute atomic E-state index is 13.7. The van der Waals surface area contributed by atoms with Gasteiger partial charge >= 0.3 is 0 Å². The topological polar surface area (TPSA) is 29.2 Å². The molecular formula is C25H39N3O+2. The number of nitrogens with zero attached hydrogens (tertiary/aromatic N) is 1.